The van der Waals surface area contributed by atoms with Gasteiger partial charge in [-0.25, -0.2) is 0 Å². The van der Waals surface area contributed by atoms with E-state index in [1.165, 1.54) is 0 Å². The van der Waals surface area contributed by atoms with Crippen molar-refractivity contribution >= 4 is 10.1 Å². The lowest BCUT2D eigenvalue weighted by Crippen LogP contribution is -2.15. The van der Waals surface area contributed by atoms with Gasteiger partial charge in [-0.2, -0.15) is 8.42 Å². The molecule has 0 radical (unpaired) electrons. The molecule has 0 fully saturated rings. The molecule has 0 atom stereocenters. The number of hydrogen-bond donors (Lipinski definition) is 0. The highest BCUT2D eigenvalue weighted by Crippen LogP contribution is 1.97. The monoisotopic (exact) mass is 222 g/mol. The van der Waals surface area contributed by atoms with Crippen LogP contribution in [0, 0.1) is 0 Å². The third kappa shape index (κ3) is 8.22. The van der Waals surface area contributed by atoms with Crippen LogP contribution < -0.4 is 0 Å². The molecule has 0 spiro atoms. The van der Waals surface area contributed by atoms with Crippen molar-refractivity contribution < 1.29 is 17.3 Å². The molecular formula is C9H18O4S. The second kappa shape index (κ2) is 7.96. The number of hydrogen-bond acceptors (Lipinski definition) is 4. The zero-order chi connectivity index (χ0) is 10.9. The quantitative estimate of drug-likeness (QED) is 0.335. The van der Waals surface area contributed by atoms with E-state index in [0.29, 0.717) is 6.61 Å². The first kappa shape index (κ1) is 13.6. The SMILES string of the molecule is C=CCOCCS(=O)(=O)OCCCC. The molecule has 0 saturated heterocycles. The third-order valence-electron chi connectivity index (χ3n) is 1.47. The molecule has 0 saturated carbocycles. The molecule has 0 amide bonds. The average Bonchev–Trinajstić information content (AvgIpc) is 2.13. The summed E-state index contributed by atoms with van der Waals surface area (Å²) in [5.41, 5.74) is 0. The molecule has 84 valence electrons. The first-order valence-corrected chi connectivity index (χ1v) is 6.26. The van der Waals surface area contributed by atoms with E-state index in [9.17, 15) is 8.42 Å². The van der Waals surface area contributed by atoms with Crippen molar-refractivity contribution in [1.82, 2.24) is 0 Å². The minimum atomic E-state index is -3.39. The largest absolute Gasteiger partial charge is 0.376 e. The summed E-state index contributed by atoms with van der Waals surface area (Å²) >= 11 is 0. The normalized spacial score (nSPS) is 11.5. The Labute approximate surface area is 86.0 Å². The van der Waals surface area contributed by atoms with Crippen LogP contribution in [0.2, 0.25) is 0 Å². The summed E-state index contributed by atoms with van der Waals surface area (Å²) < 4.78 is 31.9. The van der Waals surface area contributed by atoms with Gasteiger partial charge in [-0.05, 0) is 6.42 Å². The van der Waals surface area contributed by atoms with Crippen LogP contribution in [0.5, 0.6) is 0 Å². The highest BCUT2D eigenvalue weighted by Gasteiger charge is 2.09. The van der Waals surface area contributed by atoms with Crippen molar-refractivity contribution in [1.29, 1.82) is 0 Å². The molecule has 0 aromatic heterocycles. The molecule has 14 heavy (non-hydrogen) atoms. The maximum atomic E-state index is 11.1. The second-order valence-electron chi connectivity index (χ2n) is 2.80. The summed E-state index contributed by atoms with van der Waals surface area (Å²) in [7, 11) is -3.39. The van der Waals surface area contributed by atoms with Crippen LogP contribution in [0.4, 0.5) is 0 Å². The lowest BCUT2D eigenvalue weighted by atomic mass is 10.4. The van der Waals surface area contributed by atoms with Crippen molar-refractivity contribution in [3.05, 3.63) is 12.7 Å². The summed E-state index contributed by atoms with van der Waals surface area (Å²) in [5.74, 6) is -0.0927. The van der Waals surface area contributed by atoms with Gasteiger partial charge in [0.05, 0.1) is 25.6 Å². The van der Waals surface area contributed by atoms with Crippen LogP contribution in [0.25, 0.3) is 0 Å². The summed E-state index contributed by atoms with van der Waals surface area (Å²) in [5, 5.41) is 0. The van der Waals surface area contributed by atoms with Crippen LogP contribution in [0.1, 0.15) is 19.8 Å². The molecule has 0 aliphatic carbocycles. The Morgan fingerprint density at radius 2 is 2.07 bits per heavy atom. The van der Waals surface area contributed by atoms with Crippen LogP contribution in [0.15, 0.2) is 12.7 Å². The molecule has 0 unspecified atom stereocenters. The first-order chi connectivity index (χ1) is 6.62. The minimum absolute atomic E-state index is 0.0927. The van der Waals surface area contributed by atoms with Crippen molar-refractivity contribution in [2.75, 3.05) is 25.6 Å². The van der Waals surface area contributed by atoms with Crippen molar-refractivity contribution in [2.45, 2.75) is 19.8 Å². The van der Waals surface area contributed by atoms with Crippen LogP contribution in [-0.2, 0) is 19.0 Å². The van der Waals surface area contributed by atoms with Crippen LogP contribution >= 0.6 is 0 Å². The van der Waals surface area contributed by atoms with Crippen molar-refractivity contribution in [2.24, 2.45) is 0 Å². The fourth-order valence-corrected chi connectivity index (χ4v) is 1.53. The maximum Gasteiger partial charge on any atom is 0.269 e. The number of unbranched alkanes of at least 4 members (excludes halogenated alkanes) is 1. The summed E-state index contributed by atoms with van der Waals surface area (Å²) in [6, 6.07) is 0. The topological polar surface area (TPSA) is 52.6 Å². The van der Waals surface area contributed by atoms with E-state index >= 15 is 0 Å². The number of rotatable bonds is 9. The molecule has 0 N–H and O–H groups in total. The van der Waals surface area contributed by atoms with Gasteiger partial charge < -0.3 is 4.74 Å². The fraction of sp³-hybridized carbons (Fsp3) is 0.778. The molecule has 0 bridgehead atoms. The maximum absolute atomic E-state index is 11.1. The molecule has 0 heterocycles. The zero-order valence-corrected chi connectivity index (χ0v) is 9.38. The van der Waals surface area contributed by atoms with Gasteiger partial charge in [0.2, 0.25) is 0 Å². The Hall–Kier alpha value is -0.390. The molecule has 0 aromatic rings. The predicted molar refractivity (Wildman–Crippen MR) is 55.7 cm³/mol. The Balaban J connectivity index is 3.56. The summed E-state index contributed by atoms with van der Waals surface area (Å²) in [6.07, 6.45) is 3.25. The number of ether oxygens (including phenoxy) is 1. The van der Waals surface area contributed by atoms with E-state index in [4.69, 9.17) is 8.92 Å². The summed E-state index contributed by atoms with van der Waals surface area (Å²) in [4.78, 5) is 0. The Bertz CT molecular complexity index is 233. The molecule has 0 aromatic carbocycles. The van der Waals surface area contributed by atoms with E-state index < -0.39 is 10.1 Å². The van der Waals surface area contributed by atoms with Gasteiger partial charge in [0.15, 0.2) is 0 Å². The lowest BCUT2D eigenvalue weighted by molar-refractivity contribution is 0.176. The van der Waals surface area contributed by atoms with Crippen LogP contribution in [-0.4, -0.2) is 34.0 Å². The van der Waals surface area contributed by atoms with E-state index in [-0.39, 0.29) is 19.0 Å². The van der Waals surface area contributed by atoms with Gasteiger partial charge in [0.1, 0.15) is 0 Å². The van der Waals surface area contributed by atoms with Gasteiger partial charge in [0, 0.05) is 0 Å². The van der Waals surface area contributed by atoms with Gasteiger partial charge >= 0.3 is 0 Å². The Kier molecular flexibility index (Phi) is 7.74. The lowest BCUT2D eigenvalue weighted by Gasteiger charge is -2.04. The molecule has 4 nitrogen and oxygen atoms in total. The molecule has 0 rings (SSSR count). The van der Waals surface area contributed by atoms with Gasteiger partial charge in [-0.1, -0.05) is 19.4 Å². The average molecular weight is 222 g/mol. The van der Waals surface area contributed by atoms with E-state index in [2.05, 4.69) is 6.58 Å². The minimum Gasteiger partial charge on any atom is -0.376 e. The van der Waals surface area contributed by atoms with Crippen molar-refractivity contribution in [3.8, 4) is 0 Å². The van der Waals surface area contributed by atoms with Gasteiger partial charge in [0.25, 0.3) is 10.1 Å². The molecule has 0 aliphatic rings. The summed E-state index contributed by atoms with van der Waals surface area (Å²) in [6.45, 7) is 6.21. The molecule has 5 heteroatoms. The van der Waals surface area contributed by atoms with Crippen LogP contribution in [0.3, 0.4) is 0 Å². The second-order valence-corrected chi connectivity index (χ2v) is 4.56. The fourth-order valence-electron chi connectivity index (χ4n) is 0.717. The van der Waals surface area contributed by atoms with Gasteiger partial charge in [-0.15, -0.1) is 6.58 Å². The highest BCUT2D eigenvalue weighted by atomic mass is 32.2. The molecule has 0 aliphatic heterocycles. The molecular weight excluding hydrogens is 204 g/mol. The van der Waals surface area contributed by atoms with Gasteiger partial charge in [-0.3, -0.25) is 4.18 Å². The Morgan fingerprint density at radius 3 is 2.64 bits per heavy atom. The predicted octanol–water partition coefficient (Wildman–Crippen LogP) is 1.34. The van der Waals surface area contributed by atoms with E-state index in [0.717, 1.165) is 12.8 Å². The Morgan fingerprint density at radius 1 is 1.36 bits per heavy atom. The zero-order valence-electron chi connectivity index (χ0n) is 8.57. The highest BCUT2D eigenvalue weighted by molar-refractivity contribution is 7.86. The van der Waals surface area contributed by atoms with E-state index in [1.807, 2.05) is 6.92 Å². The van der Waals surface area contributed by atoms with Crippen molar-refractivity contribution in [3.63, 3.8) is 0 Å². The standard InChI is InChI=1S/C9H18O4S/c1-3-5-7-13-14(10,11)9-8-12-6-4-2/h4H,2-3,5-9H2,1H3. The first-order valence-electron chi connectivity index (χ1n) is 4.68. The third-order valence-corrected chi connectivity index (χ3v) is 2.67. The smallest absolute Gasteiger partial charge is 0.269 e. The van der Waals surface area contributed by atoms with E-state index in [1.54, 1.807) is 6.08 Å².